The molecule has 0 saturated heterocycles. The molecule has 3 amide bonds. The normalized spacial score (nSPS) is 10.1. The Bertz CT molecular complexity index is 509. The van der Waals surface area contributed by atoms with E-state index in [0.29, 0.717) is 17.9 Å². The van der Waals surface area contributed by atoms with E-state index in [4.69, 9.17) is 0 Å². The molecule has 0 bridgehead atoms. The number of carbonyl (C=O) groups excluding carboxylic acids is 3. The molecule has 6 heteroatoms. The summed E-state index contributed by atoms with van der Waals surface area (Å²) >= 11 is 0. The van der Waals surface area contributed by atoms with Gasteiger partial charge in [-0.15, -0.1) is 0 Å². The predicted molar refractivity (Wildman–Crippen MR) is 81.8 cm³/mol. The summed E-state index contributed by atoms with van der Waals surface area (Å²) in [5.41, 5.74) is 1.33. The maximum atomic E-state index is 11.6. The molecule has 1 rings (SSSR count). The Morgan fingerprint density at radius 2 is 1.52 bits per heavy atom. The third-order valence-corrected chi connectivity index (χ3v) is 2.69. The van der Waals surface area contributed by atoms with Crippen molar-refractivity contribution in [2.75, 3.05) is 17.2 Å². The zero-order valence-electron chi connectivity index (χ0n) is 12.5. The molecule has 1 aromatic rings. The van der Waals surface area contributed by atoms with E-state index in [-0.39, 0.29) is 30.1 Å². The summed E-state index contributed by atoms with van der Waals surface area (Å²) in [5.74, 6) is -0.476. The number of rotatable bonds is 6. The molecular formula is C15H21N3O3. The number of nitrogens with one attached hydrogen (secondary N) is 3. The van der Waals surface area contributed by atoms with Crippen molar-refractivity contribution in [3.8, 4) is 0 Å². The van der Waals surface area contributed by atoms with Gasteiger partial charge in [-0.3, -0.25) is 14.4 Å². The third kappa shape index (κ3) is 6.56. The Morgan fingerprint density at radius 1 is 1.00 bits per heavy atom. The SMILES string of the molecule is CC(=O)NCCC(=O)Nc1ccc(NC(=O)C(C)C)cc1. The third-order valence-electron chi connectivity index (χ3n) is 2.69. The van der Waals surface area contributed by atoms with Crippen LogP contribution < -0.4 is 16.0 Å². The second-order valence-electron chi connectivity index (χ2n) is 5.00. The van der Waals surface area contributed by atoms with Crippen LogP contribution in [0.1, 0.15) is 27.2 Å². The van der Waals surface area contributed by atoms with Crippen LogP contribution in [0.25, 0.3) is 0 Å². The van der Waals surface area contributed by atoms with Gasteiger partial charge in [0.25, 0.3) is 0 Å². The molecule has 0 aromatic heterocycles. The molecule has 1 aromatic carbocycles. The monoisotopic (exact) mass is 291 g/mol. The van der Waals surface area contributed by atoms with Crippen LogP contribution in [0.15, 0.2) is 24.3 Å². The van der Waals surface area contributed by atoms with Crippen molar-refractivity contribution in [1.82, 2.24) is 5.32 Å². The maximum absolute atomic E-state index is 11.6. The van der Waals surface area contributed by atoms with Gasteiger partial charge < -0.3 is 16.0 Å². The molecule has 3 N–H and O–H groups in total. The number of amides is 3. The molecule has 6 nitrogen and oxygen atoms in total. The Balaban J connectivity index is 2.45. The van der Waals surface area contributed by atoms with Crippen molar-refractivity contribution < 1.29 is 14.4 Å². The Labute approximate surface area is 124 Å². The molecule has 0 atom stereocenters. The minimum Gasteiger partial charge on any atom is -0.356 e. The first-order valence-electron chi connectivity index (χ1n) is 6.83. The number of benzene rings is 1. The van der Waals surface area contributed by atoms with Crippen LogP contribution >= 0.6 is 0 Å². The van der Waals surface area contributed by atoms with Crippen molar-refractivity contribution in [1.29, 1.82) is 0 Å². The lowest BCUT2D eigenvalue weighted by molar-refractivity contribution is -0.120. The van der Waals surface area contributed by atoms with Crippen LogP contribution in [0.4, 0.5) is 11.4 Å². The van der Waals surface area contributed by atoms with E-state index in [0.717, 1.165) is 0 Å². The largest absolute Gasteiger partial charge is 0.356 e. The van der Waals surface area contributed by atoms with Gasteiger partial charge in [0.05, 0.1) is 0 Å². The fraction of sp³-hybridized carbons (Fsp3) is 0.400. The summed E-state index contributed by atoms with van der Waals surface area (Å²) in [5, 5.41) is 8.04. The molecule has 0 saturated carbocycles. The molecule has 0 spiro atoms. The van der Waals surface area contributed by atoms with E-state index in [1.807, 2.05) is 13.8 Å². The lowest BCUT2D eigenvalue weighted by Crippen LogP contribution is -2.25. The summed E-state index contributed by atoms with van der Waals surface area (Å²) < 4.78 is 0. The smallest absolute Gasteiger partial charge is 0.226 e. The standard InChI is InChI=1S/C15H21N3O3/c1-10(2)15(21)18-13-6-4-12(5-7-13)17-14(20)8-9-16-11(3)19/h4-7,10H,8-9H2,1-3H3,(H,16,19)(H,17,20)(H,18,21). The van der Waals surface area contributed by atoms with Gasteiger partial charge in [0.15, 0.2) is 0 Å². The Hall–Kier alpha value is -2.37. The first-order chi connectivity index (χ1) is 9.88. The number of anilines is 2. The van der Waals surface area contributed by atoms with Gasteiger partial charge in [-0.1, -0.05) is 13.8 Å². The van der Waals surface area contributed by atoms with Gasteiger partial charge in [0.2, 0.25) is 17.7 Å². The highest BCUT2D eigenvalue weighted by atomic mass is 16.2. The minimum absolute atomic E-state index is 0.0536. The van der Waals surface area contributed by atoms with Crippen molar-refractivity contribution in [2.24, 2.45) is 5.92 Å². The van der Waals surface area contributed by atoms with Crippen molar-refractivity contribution >= 4 is 29.1 Å². The fourth-order valence-electron chi connectivity index (χ4n) is 1.50. The molecule has 0 radical (unpaired) electrons. The average molecular weight is 291 g/mol. The Kier molecular flexibility index (Phi) is 6.39. The van der Waals surface area contributed by atoms with Gasteiger partial charge in [0, 0.05) is 37.2 Å². The van der Waals surface area contributed by atoms with E-state index < -0.39 is 0 Å². The van der Waals surface area contributed by atoms with Gasteiger partial charge in [-0.2, -0.15) is 0 Å². The first-order valence-corrected chi connectivity index (χ1v) is 6.83. The molecule has 0 fully saturated rings. The van der Waals surface area contributed by atoms with E-state index >= 15 is 0 Å². The number of hydrogen-bond acceptors (Lipinski definition) is 3. The van der Waals surface area contributed by atoms with Crippen LogP contribution in [0.2, 0.25) is 0 Å². The summed E-state index contributed by atoms with van der Waals surface area (Å²) in [6, 6.07) is 6.88. The molecule has 0 unspecified atom stereocenters. The molecule has 0 aliphatic carbocycles. The number of carbonyl (C=O) groups is 3. The second kappa shape index (κ2) is 8.04. The zero-order chi connectivity index (χ0) is 15.8. The molecule has 114 valence electrons. The van der Waals surface area contributed by atoms with Crippen LogP contribution in [-0.4, -0.2) is 24.3 Å². The molecule has 0 aliphatic heterocycles. The minimum atomic E-state index is -0.178. The highest BCUT2D eigenvalue weighted by molar-refractivity contribution is 5.93. The van der Waals surface area contributed by atoms with Gasteiger partial charge >= 0.3 is 0 Å². The lowest BCUT2D eigenvalue weighted by atomic mass is 10.2. The molecular weight excluding hydrogens is 270 g/mol. The second-order valence-corrected chi connectivity index (χ2v) is 5.00. The topological polar surface area (TPSA) is 87.3 Å². The molecule has 21 heavy (non-hydrogen) atoms. The lowest BCUT2D eigenvalue weighted by Gasteiger charge is -2.09. The quantitative estimate of drug-likeness (QED) is 0.746. The first kappa shape index (κ1) is 16.7. The van der Waals surface area contributed by atoms with E-state index in [2.05, 4.69) is 16.0 Å². The molecule has 0 heterocycles. The highest BCUT2D eigenvalue weighted by Crippen LogP contribution is 2.14. The van der Waals surface area contributed by atoms with Gasteiger partial charge in [0.1, 0.15) is 0 Å². The van der Waals surface area contributed by atoms with Crippen LogP contribution in [0.5, 0.6) is 0 Å². The van der Waals surface area contributed by atoms with Crippen molar-refractivity contribution in [2.45, 2.75) is 27.2 Å². The van der Waals surface area contributed by atoms with E-state index in [9.17, 15) is 14.4 Å². The Morgan fingerprint density at radius 3 is 2.00 bits per heavy atom. The predicted octanol–water partition coefficient (Wildman–Crippen LogP) is 1.75. The van der Waals surface area contributed by atoms with Crippen LogP contribution in [0.3, 0.4) is 0 Å². The van der Waals surface area contributed by atoms with E-state index in [1.54, 1.807) is 24.3 Å². The molecule has 0 aliphatic rings. The maximum Gasteiger partial charge on any atom is 0.226 e. The number of hydrogen-bond donors (Lipinski definition) is 3. The van der Waals surface area contributed by atoms with Crippen LogP contribution in [0, 0.1) is 5.92 Å². The van der Waals surface area contributed by atoms with Gasteiger partial charge in [-0.05, 0) is 24.3 Å². The zero-order valence-corrected chi connectivity index (χ0v) is 12.5. The summed E-state index contributed by atoms with van der Waals surface area (Å²) in [4.78, 5) is 33.8. The average Bonchev–Trinajstić information content (AvgIpc) is 2.40. The highest BCUT2D eigenvalue weighted by Gasteiger charge is 2.07. The van der Waals surface area contributed by atoms with Crippen LogP contribution in [-0.2, 0) is 14.4 Å². The van der Waals surface area contributed by atoms with E-state index in [1.165, 1.54) is 6.92 Å². The van der Waals surface area contributed by atoms with Crippen molar-refractivity contribution in [3.05, 3.63) is 24.3 Å². The summed E-state index contributed by atoms with van der Waals surface area (Å²) in [6.07, 6.45) is 0.214. The fourth-order valence-corrected chi connectivity index (χ4v) is 1.50. The van der Waals surface area contributed by atoms with Gasteiger partial charge in [-0.25, -0.2) is 0 Å². The van der Waals surface area contributed by atoms with Crippen molar-refractivity contribution in [3.63, 3.8) is 0 Å². The summed E-state index contributed by atoms with van der Waals surface area (Å²) in [6.45, 7) is 5.35. The summed E-state index contributed by atoms with van der Waals surface area (Å²) in [7, 11) is 0.